The fourth-order valence-corrected chi connectivity index (χ4v) is 2.22. The van der Waals surface area contributed by atoms with Crippen molar-refractivity contribution >= 4 is 21.6 Å². The van der Waals surface area contributed by atoms with E-state index in [0.717, 1.165) is 11.1 Å². The molecule has 0 aliphatic rings. The number of nitro groups is 1. The van der Waals surface area contributed by atoms with Gasteiger partial charge in [-0.15, -0.1) is 0 Å². The SMILES string of the molecule is CC(OCc1ccc(Br)c([N+](=O)[O-])c1)c1ccccc1. The number of ether oxygens (including phenoxy) is 1. The highest BCUT2D eigenvalue weighted by molar-refractivity contribution is 9.10. The lowest BCUT2D eigenvalue weighted by Crippen LogP contribution is -2.01. The summed E-state index contributed by atoms with van der Waals surface area (Å²) >= 11 is 3.17. The molecule has 1 unspecified atom stereocenters. The van der Waals surface area contributed by atoms with Crippen LogP contribution < -0.4 is 0 Å². The molecule has 0 spiro atoms. The van der Waals surface area contributed by atoms with Crippen LogP contribution in [0.25, 0.3) is 0 Å². The highest BCUT2D eigenvalue weighted by Crippen LogP contribution is 2.27. The monoisotopic (exact) mass is 335 g/mol. The quantitative estimate of drug-likeness (QED) is 0.591. The molecule has 0 aliphatic heterocycles. The summed E-state index contributed by atoms with van der Waals surface area (Å²) in [5.41, 5.74) is 1.92. The summed E-state index contributed by atoms with van der Waals surface area (Å²) in [4.78, 5) is 10.5. The van der Waals surface area contributed by atoms with Crippen LogP contribution in [0.2, 0.25) is 0 Å². The van der Waals surface area contributed by atoms with Crippen molar-refractivity contribution in [3.63, 3.8) is 0 Å². The Labute approximate surface area is 125 Å². The van der Waals surface area contributed by atoms with Gasteiger partial charge in [0.05, 0.1) is 22.1 Å². The predicted octanol–water partition coefficient (Wildman–Crippen LogP) is 4.64. The van der Waals surface area contributed by atoms with E-state index in [4.69, 9.17) is 4.74 Å². The Balaban J connectivity index is 2.04. The van der Waals surface area contributed by atoms with Crippen LogP contribution in [0.5, 0.6) is 0 Å². The molecular formula is C15H14BrNO3. The second-order valence-electron chi connectivity index (χ2n) is 4.41. The normalized spacial score (nSPS) is 12.1. The van der Waals surface area contributed by atoms with E-state index in [-0.39, 0.29) is 11.8 Å². The van der Waals surface area contributed by atoms with Crippen LogP contribution in [0.15, 0.2) is 53.0 Å². The number of nitrogens with zero attached hydrogens (tertiary/aromatic N) is 1. The minimum Gasteiger partial charge on any atom is -0.369 e. The molecule has 0 aromatic heterocycles. The van der Waals surface area contributed by atoms with Crippen LogP contribution in [0.4, 0.5) is 5.69 Å². The molecule has 0 aliphatic carbocycles. The van der Waals surface area contributed by atoms with Crippen LogP contribution in [0.1, 0.15) is 24.2 Å². The van der Waals surface area contributed by atoms with Gasteiger partial charge in [0, 0.05) is 6.07 Å². The molecule has 0 amide bonds. The van der Waals surface area contributed by atoms with Gasteiger partial charge in [-0.2, -0.15) is 0 Å². The molecule has 0 N–H and O–H groups in total. The Kier molecular flexibility index (Phi) is 4.87. The van der Waals surface area contributed by atoms with Crippen molar-refractivity contribution in [2.75, 3.05) is 0 Å². The number of benzene rings is 2. The molecular weight excluding hydrogens is 322 g/mol. The minimum absolute atomic E-state index is 0.0541. The fourth-order valence-electron chi connectivity index (χ4n) is 1.83. The predicted molar refractivity (Wildman–Crippen MR) is 80.4 cm³/mol. The molecule has 2 aromatic carbocycles. The lowest BCUT2D eigenvalue weighted by Gasteiger charge is -2.13. The van der Waals surface area contributed by atoms with Crippen molar-refractivity contribution in [1.29, 1.82) is 0 Å². The van der Waals surface area contributed by atoms with Crippen LogP contribution in [0, 0.1) is 10.1 Å². The zero-order valence-electron chi connectivity index (χ0n) is 11.0. The minimum atomic E-state index is -0.409. The third-order valence-electron chi connectivity index (χ3n) is 2.98. The topological polar surface area (TPSA) is 52.4 Å². The largest absolute Gasteiger partial charge is 0.369 e. The van der Waals surface area contributed by atoms with Crippen LogP contribution in [0.3, 0.4) is 0 Å². The van der Waals surface area contributed by atoms with Gasteiger partial charge in [-0.1, -0.05) is 36.4 Å². The van der Waals surface area contributed by atoms with Gasteiger partial charge in [-0.3, -0.25) is 10.1 Å². The number of hydrogen-bond acceptors (Lipinski definition) is 3. The summed E-state index contributed by atoms with van der Waals surface area (Å²) in [7, 11) is 0. The van der Waals surface area contributed by atoms with Crippen molar-refractivity contribution in [3.8, 4) is 0 Å². The summed E-state index contributed by atoms with van der Waals surface area (Å²) in [5.74, 6) is 0. The first-order chi connectivity index (χ1) is 9.58. The summed E-state index contributed by atoms with van der Waals surface area (Å²) in [6, 6.07) is 14.9. The lowest BCUT2D eigenvalue weighted by atomic mass is 10.1. The molecule has 4 nitrogen and oxygen atoms in total. The molecule has 2 aromatic rings. The van der Waals surface area contributed by atoms with Crippen molar-refractivity contribution < 1.29 is 9.66 Å². The molecule has 0 bridgehead atoms. The van der Waals surface area contributed by atoms with E-state index in [0.29, 0.717) is 11.1 Å². The number of halogens is 1. The molecule has 0 saturated heterocycles. The molecule has 0 radical (unpaired) electrons. The molecule has 20 heavy (non-hydrogen) atoms. The van der Waals surface area contributed by atoms with E-state index >= 15 is 0 Å². The number of hydrogen-bond donors (Lipinski definition) is 0. The maximum absolute atomic E-state index is 10.9. The summed E-state index contributed by atoms with van der Waals surface area (Å²) in [6.07, 6.45) is -0.0566. The van der Waals surface area contributed by atoms with E-state index in [2.05, 4.69) is 15.9 Å². The first-order valence-electron chi connectivity index (χ1n) is 6.17. The van der Waals surface area contributed by atoms with E-state index in [1.807, 2.05) is 43.3 Å². The second kappa shape index (κ2) is 6.63. The Morgan fingerprint density at radius 3 is 2.60 bits per heavy atom. The molecule has 1 atom stereocenters. The average molecular weight is 336 g/mol. The Morgan fingerprint density at radius 2 is 1.95 bits per heavy atom. The van der Waals surface area contributed by atoms with Gasteiger partial charge < -0.3 is 4.74 Å². The third-order valence-corrected chi connectivity index (χ3v) is 3.65. The summed E-state index contributed by atoms with van der Waals surface area (Å²) in [6.45, 7) is 2.30. The second-order valence-corrected chi connectivity index (χ2v) is 5.26. The summed E-state index contributed by atoms with van der Waals surface area (Å²) < 4.78 is 6.23. The number of rotatable bonds is 5. The Hall–Kier alpha value is -1.72. The van der Waals surface area contributed by atoms with Gasteiger partial charge in [-0.25, -0.2) is 0 Å². The van der Waals surface area contributed by atoms with Crippen molar-refractivity contribution in [1.82, 2.24) is 0 Å². The van der Waals surface area contributed by atoms with Gasteiger partial charge in [0.1, 0.15) is 0 Å². The molecule has 104 valence electrons. The third kappa shape index (κ3) is 3.65. The highest BCUT2D eigenvalue weighted by Gasteiger charge is 2.13. The van der Waals surface area contributed by atoms with Crippen LogP contribution in [-0.4, -0.2) is 4.92 Å². The van der Waals surface area contributed by atoms with Crippen molar-refractivity contribution in [2.45, 2.75) is 19.6 Å². The highest BCUT2D eigenvalue weighted by atomic mass is 79.9. The van der Waals surface area contributed by atoms with Crippen molar-refractivity contribution in [2.24, 2.45) is 0 Å². The van der Waals surface area contributed by atoms with Gasteiger partial charge in [0.25, 0.3) is 5.69 Å². The smallest absolute Gasteiger partial charge is 0.283 e. The zero-order valence-corrected chi connectivity index (χ0v) is 12.5. The van der Waals surface area contributed by atoms with Gasteiger partial charge in [0.2, 0.25) is 0 Å². The molecule has 0 heterocycles. The van der Waals surface area contributed by atoms with Crippen LogP contribution >= 0.6 is 15.9 Å². The Bertz CT molecular complexity index is 601. The number of nitro benzene ring substituents is 1. The average Bonchev–Trinajstić information content (AvgIpc) is 2.46. The molecule has 5 heteroatoms. The van der Waals surface area contributed by atoms with E-state index in [9.17, 15) is 10.1 Å². The molecule has 2 rings (SSSR count). The molecule has 0 fully saturated rings. The van der Waals surface area contributed by atoms with Crippen LogP contribution in [-0.2, 0) is 11.3 Å². The zero-order chi connectivity index (χ0) is 14.5. The standard InChI is InChI=1S/C15H14BrNO3/c1-11(13-5-3-2-4-6-13)20-10-12-7-8-14(16)15(9-12)17(18)19/h2-9,11H,10H2,1H3. The van der Waals surface area contributed by atoms with Crippen molar-refractivity contribution in [3.05, 3.63) is 74.2 Å². The lowest BCUT2D eigenvalue weighted by molar-refractivity contribution is -0.385. The maximum Gasteiger partial charge on any atom is 0.283 e. The molecule has 0 saturated carbocycles. The summed E-state index contributed by atoms with van der Waals surface area (Å²) in [5, 5.41) is 10.9. The maximum atomic E-state index is 10.9. The van der Waals surface area contributed by atoms with Gasteiger partial charge in [0.15, 0.2) is 0 Å². The van der Waals surface area contributed by atoms with Gasteiger partial charge in [-0.05, 0) is 40.0 Å². The first-order valence-corrected chi connectivity index (χ1v) is 6.96. The van der Waals surface area contributed by atoms with E-state index in [1.54, 1.807) is 6.07 Å². The Morgan fingerprint density at radius 1 is 1.25 bits per heavy atom. The first kappa shape index (κ1) is 14.7. The fraction of sp³-hybridized carbons (Fsp3) is 0.200. The van der Waals surface area contributed by atoms with Gasteiger partial charge >= 0.3 is 0 Å². The van der Waals surface area contributed by atoms with E-state index < -0.39 is 4.92 Å². The van der Waals surface area contributed by atoms with E-state index in [1.165, 1.54) is 6.07 Å².